The summed E-state index contributed by atoms with van der Waals surface area (Å²) in [5, 5.41) is 3.85. The molecular weight excluding hydrogens is 386 g/mol. The van der Waals surface area contributed by atoms with Crippen molar-refractivity contribution in [2.45, 2.75) is 32.4 Å². The van der Waals surface area contributed by atoms with Gasteiger partial charge in [0.05, 0.1) is 11.6 Å². The van der Waals surface area contributed by atoms with Gasteiger partial charge in [-0.3, -0.25) is 9.69 Å². The Labute approximate surface area is 178 Å². The number of nitrogens with one attached hydrogen (secondary N) is 1. The Kier molecular flexibility index (Phi) is 7.40. The molecule has 0 aromatic heterocycles. The van der Waals surface area contributed by atoms with Gasteiger partial charge in [0.15, 0.2) is 0 Å². The summed E-state index contributed by atoms with van der Waals surface area (Å²) in [5.41, 5.74) is 2.94. The van der Waals surface area contributed by atoms with Gasteiger partial charge in [0.2, 0.25) is 0 Å². The van der Waals surface area contributed by atoms with E-state index in [0.29, 0.717) is 17.2 Å². The van der Waals surface area contributed by atoms with Crippen molar-refractivity contribution in [2.75, 3.05) is 38.7 Å². The Bertz CT molecular complexity index is 833. The van der Waals surface area contributed by atoms with Crippen LogP contribution in [0, 0.1) is 0 Å². The zero-order valence-corrected chi connectivity index (χ0v) is 18.2. The Morgan fingerprint density at radius 1 is 1.21 bits per heavy atom. The highest BCUT2D eigenvalue weighted by atomic mass is 35.5. The van der Waals surface area contributed by atoms with Gasteiger partial charge in [0.1, 0.15) is 5.75 Å². The summed E-state index contributed by atoms with van der Waals surface area (Å²) < 4.78 is 5.59. The van der Waals surface area contributed by atoms with Crippen molar-refractivity contribution in [1.29, 1.82) is 0 Å². The minimum atomic E-state index is 0.00575. The number of benzene rings is 2. The third kappa shape index (κ3) is 5.87. The van der Waals surface area contributed by atoms with Crippen LogP contribution in [0.1, 0.15) is 35.7 Å². The fourth-order valence-electron chi connectivity index (χ4n) is 3.60. The highest BCUT2D eigenvalue weighted by molar-refractivity contribution is 6.32. The second-order valence-electron chi connectivity index (χ2n) is 7.67. The summed E-state index contributed by atoms with van der Waals surface area (Å²) in [5.74, 6) is 0.750. The van der Waals surface area contributed by atoms with Crippen LogP contribution >= 0.6 is 11.6 Å². The molecule has 1 amide bonds. The van der Waals surface area contributed by atoms with Crippen molar-refractivity contribution < 1.29 is 9.53 Å². The molecule has 0 saturated carbocycles. The van der Waals surface area contributed by atoms with Crippen LogP contribution in [0.3, 0.4) is 0 Å². The molecule has 0 spiro atoms. The third-order valence-electron chi connectivity index (χ3n) is 5.25. The number of carbonyl (C=O) groups is 1. The van der Waals surface area contributed by atoms with Crippen LogP contribution in [-0.4, -0.2) is 50.6 Å². The number of ether oxygens (including phenoxy) is 1. The second kappa shape index (κ2) is 9.99. The molecule has 0 radical (unpaired) electrons. The Balaban J connectivity index is 1.51. The Morgan fingerprint density at radius 2 is 1.97 bits per heavy atom. The first-order chi connectivity index (χ1) is 14.0. The molecule has 156 valence electrons. The lowest BCUT2D eigenvalue weighted by atomic mass is 10.0. The maximum atomic E-state index is 12.6. The van der Waals surface area contributed by atoms with Gasteiger partial charge in [-0.05, 0) is 55.7 Å². The average molecular weight is 416 g/mol. The van der Waals surface area contributed by atoms with E-state index in [4.69, 9.17) is 16.3 Å². The number of likely N-dealkylation sites (tertiary alicyclic amines) is 1. The quantitative estimate of drug-likeness (QED) is 0.736. The zero-order valence-electron chi connectivity index (χ0n) is 17.5. The molecule has 1 aliphatic rings. The van der Waals surface area contributed by atoms with Gasteiger partial charge >= 0.3 is 0 Å². The lowest BCUT2D eigenvalue weighted by Gasteiger charge is -2.32. The molecule has 2 aromatic carbocycles. The maximum Gasteiger partial charge on any atom is 0.251 e. The highest BCUT2D eigenvalue weighted by Crippen LogP contribution is 2.26. The van der Waals surface area contributed by atoms with Gasteiger partial charge in [-0.2, -0.15) is 0 Å². The molecule has 1 saturated heterocycles. The predicted octanol–water partition coefficient (Wildman–Crippen LogP) is 4.20. The first-order valence-electron chi connectivity index (χ1n) is 10.2. The zero-order chi connectivity index (χ0) is 20.8. The summed E-state index contributed by atoms with van der Waals surface area (Å²) in [6, 6.07) is 13.9. The fourth-order valence-corrected chi connectivity index (χ4v) is 3.77. The van der Waals surface area contributed by atoms with Gasteiger partial charge in [-0.15, -0.1) is 0 Å². The lowest BCUT2D eigenvalue weighted by molar-refractivity contribution is 0.0909. The van der Waals surface area contributed by atoms with Gasteiger partial charge < -0.3 is 15.0 Å². The summed E-state index contributed by atoms with van der Waals surface area (Å²) in [6.07, 6.45) is 1.90. The van der Waals surface area contributed by atoms with E-state index in [1.807, 2.05) is 62.3 Å². The SMILES string of the molecule is CCOc1cc(CN2CCC(NC(=O)c3cccc(N(C)C)c3)CC2)ccc1Cl. The number of hydrogen-bond acceptors (Lipinski definition) is 4. The average Bonchev–Trinajstić information content (AvgIpc) is 2.72. The van der Waals surface area contributed by atoms with E-state index in [0.717, 1.165) is 43.9 Å². The van der Waals surface area contributed by atoms with Crippen LogP contribution in [-0.2, 0) is 6.54 Å². The fraction of sp³-hybridized carbons (Fsp3) is 0.435. The summed E-state index contributed by atoms with van der Waals surface area (Å²) >= 11 is 6.18. The third-order valence-corrected chi connectivity index (χ3v) is 5.56. The van der Waals surface area contributed by atoms with E-state index in [1.54, 1.807) is 0 Å². The molecule has 6 heteroatoms. The summed E-state index contributed by atoms with van der Waals surface area (Å²) in [4.78, 5) is 17.0. The van der Waals surface area contributed by atoms with Crippen LogP contribution in [0.4, 0.5) is 5.69 Å². The number of nitrogens with zero attached hydrogens (tertiary/aromatic N) is 2. The van der Waals surface area contributed by atoms with Crippen LogP contribution in [0.2, 0.25) is 5.02 Å². The Hall–Kier alpha value is -2.24. The van der Waals surface area contributed by atoms with E-state index < -0.39 is 0 Å². The van der Waals surface area contributed by atoms with E-state index in [-0.39, 0.29) is 11.9 Å². The molecule has 0 bridgehead atoms. The van der Waals surface area contributed by atoms with E-state index in [1.165, 1.54) is 5.56 Å². The van der Waals surface area contributed by atoms with Crippen molar-refractivity contribution in [1.82, 2.24) is 10.2 Å². The first kappa shape index (κ1) is 21.5. The van der Waals surface area contributed by atoms with Gasteiger partial charge in [0.25, 0.3) is 5.91 Å². The van der Waals surface area contributed by atoms with Crippen molar-refractivity contribution in [2.24, 2.45) is 0 Å². The first-order valence-corrected chi connectivity index (χ1v) is 10.6. The van der Waals surface area contributed by atoms with Crippen LogP contribution in [0.15, 0.2) is 42.5 Å². The number of piperidine rings is 1. The van der Waals surface area contributed by atoms with Crippen LogP contribution in [0.5, 0.6) is 5.75 Å². The molecule has 0 aliphatic carbocycles. The van der Waals surface area contributed by atoms with Crippen LogP contribution < -0.4 is 15.0 Å². The molecule has 1 heterocycles. The molecule has 5 nitrogen and oxygen atoms in total. The highest BCUT2D eigenvalue weighted by Gasteiger charge is 2.21. The molecule has 3 rings (SSSR count). The number of anilines is 1. The Morgan fingerprint density at radius 3 is 2.66 bits per heavy atom. The molecule has 1 fully saturated rings. The molecule has 2 aromatic rings. The smallest absolute Gasteiger partial charge is 0.251 e. The molecule has 1 aliphatic heterocycles. The maximum absolute atomic E-state index is 12.6. The van der Waals surface area contributed by atoms with Crippen molar-refractivity contribution >= 4 is 23.2 Å². The number of rotatable bonds is 7. The van der Waals surface area contributed by atoms with E-state index in [9.17, 15) is 4.79 Å². The lowest BCUT2D eigenvalue weighted by Crippen LogP contribution is -2.44. The monoisotopic (exact) mass is 415 g/mol. The molecule has 1 N–H and O–H groups in total. The van der Waals surface area contributed by atoms with Crippen molar-refractivity contribution in [3.05, 3.63) is 58.6 Å². The number of hydrogen-bond donors (Lipinski definition) is 1. The number of halogens is 1. The van der Waals surface area contributed by atoms with E-state index >= 15 is 0 Å². The number of carbonyl (C=O) groups excluding carboxylic acids is 1. The summed E-state index contributed by atoms with van der Waals surface area (Å²) in [7, 11) is 3.95. The standard InChI is InChI=1S/C23H30ClN3O2/c1-4-29-22-14-17(8-9-21(22)24)16-27-12-10-19(11-13-27)25-23(28)18-6-5-7-20(15-18)26(2)3/h5-9,14-15,19H,4,10-13,16H2,1-3H3,(H,25,28). The van der Waals surface area contributed by atoms with Crippen molar-refractivity contribution in [3.63, 3.8) is 0 Å². The van der Waals surface area contributed by atoms with E-state index in [2.05, 4.69) is 16.3 Å². The van der Waals surface area contributed by atoms with Crippen LogP contribution in [0.25, 0.3) is 0 Å². The number of amides is 1. The molecule has 0 unspecified atom stereocenters. The van der Waals surface area contributed by atoms with Crippen molar-refractivity contribution in [3.8, 4) is 5.75 Å². The molecular formula is C23H30ClN3O2. The second-order valence-corrected chi connectivity index (χ2v) is 8.07. The minimum absolute atomic E-state index is 0.00575. The van der Waals surface area contributed by atoms with Gasteiger partial charge in [-0.1, -0.05) is 23.7 Å². The van der Waals surface area contributed by atoms with Gasteiger partial charge in [-0.25, -0.2) is 0 Å². The minimum Gasteiger partial charge on any atom is -0.492 e. The normalized spacial score (nSPS) is 15.2. The van der Waals surface area contributed by atoms with Gasteiger partial charge in [0, 0.05) is 51.0 Å². The molecule has 0 atom stereocenters. The topological polar surface area (TPSA) is 44.8 Å². The largest absolute Gasteiger partial charge is 0.492 e. The predicted molar refractivity (Wildman–Crippen MR) is 119 cm³/mol. The molecule has 29 heavy (non-hydrogen) atoms. The summed E-state index contributed by atoms with van der Waals surface area (Å²) in [6.45, 7) is 5.33.